The van der Waals surface area contributed by atoms with Crippen molar-refractivity contribution in [1.29, 1.82) is 5.26 Å². The molecule has 3 heterocycles. The molecule has 2 aromatic carbocycles. The molecule has 0 saturated carbocycles. The number of para-hydroxylation sites is 1. The summed E-state index contributed by atoms with van der Waals surface area (Å²) in [6.45, 7) is 0.571. The molecule has 9 heteroatoms. The van der Waals surface area contributed by atoms with Crippen LogP contribution in [0.15, 0.2) is 90.0 Å². The number of hydrogen-bond donors (Lipinski definition) is 1. The van der Waals surface area contributed by atoms with E-state index in [2.05, 4.69) is 26.2 Å². The van der Waals surface area contributed by atoms with Gasteiger partial charge in [0.25, 0.3) is 0 Å². The van der Waals surface area contributed by atoms with Crippen LogP contribution in [0.25, 0.3) is 27.2 Å². The van der Waals surface area contributed by atoms with Crippen molar-refractivity contribution in [2.24, 2.45) is 0 Å². The zero-order chi connectivity index (χ0) is 23.3. The van der Waals surface area contributed by atoms with E-state index in [1.165, 1.54) is 23.1 Å². The molecule has 0 saturated heterocycles. The standard InChI is InChI=1S/C25H18N6OS2/c26-14-19(24-28-20-8-4-5-9-22(20)34-24)21(32)16-33-25-30-29-23(18-10-12-27-13-11-18)31(25)15-17-6-2-1-3-7-17/h1-13,32H,15-16H2/b21-19-. The number of hydrogen-bond acceptors (Lipinski definition) is 8. The summed E-state index contributed by atoms with van der Waals surface area (Å²) in [7, 11) is 0. The van der Waals surface area contributed by atoms with Crippen molar-refractivity contribution in [3.8, 4) is 17.5 Å². The maximum atomic E-state index is 10.8. The van der Waals surface area contributed by atoms with Crippen LogP contribution in [0.5, 0.6) is 0 Å². The smallest absolute Gasteiger partial charge is 0.192 e. The highest BCUT2D eigenvalue weighted by atomic mass is 32.2. The highest BCUT2D eigenvalue weighted by molar-refractivity contribution is 7.99. The second-order valence-corrected chi connectivity index (χ2v) is 9.30. The number of fused-ring (bicyclic) bond motifs is 1. The summed E-state index contributed by atoms with van der Waals surface area (Å²) in [4.78, 5) is 8.59. The van der Waals surface area contributed by atoms with Gasteiger partial charge in [0.15, 0.2) is 11.0 Å². The average molecular weight is 483 g/mol. The van der Waals surface area contributed by atoms with Crippen molar-refractivity contribution in [2.45, 2.75) is 11.7 Å². The van der Waals surface area contributed by atoms with E-state index in [-0.39, 0.29) is 17.1 Å². The fourth-order valence-corrected chi connectivity index (χ4v) is 5.24. The van der Waals surface area contributed by atoms with Gasteiger partial charge in [0.2, 0.25) is 0 Å². The van der Waals surface area contributed by atoms with E-state index >= 15 is 0 Å². The van der Waals surface area contributed by atoms with Crippen LogP contribution in [0, 0.1) is 11.3 Å². The van der Waals surface area contributed by atoms with Crippen LogP contribution in [0.3, 0.4) is 0 Å². The molecule has 5 aromatic rings. The predicted octanol–water partition coefficient (Wildman–Crippen LogP) is 5.58. The minimum absolute atomic E-state index is 0.0359. The quantitative estimate of drug-likeness (QED) is 0.183. The molecule has 0 aliphatic heterocycles. The molecule has 0 amide bonds. The Morgan fingerprint density at radius 2 is 1.76 bits per heavy atom. The van der Waals surface area contributed by atoms with Gasteiger partial charge in [0.05, 0.1) is 22.5 Å². The summed E-state index contributed by atoms with van der Waals surface area (Å²) in [5, 5.41) is 30.4. The minimum Gasteiger partial charge on any atom is -0.510 e. The molecule has 5 rings (SSSR count). The zero-order valence-electron chi connectivity index (χ0n) is 17.9. The number of rotatable bonds is 7. The topological polar surface area (TPSA) is 101 Å². The van der Waals surface area contributed by atoms with Crippen LogP contribution in [-0.4, -0.2) is 35.6 Å². The molecule has 3 aromatic heterocycles. The number of aliphatic hydroxyl groups excluding tert-OH is 1. The zero-order valence-corrected chi connectivity index (χ0v) is 19.5. The summed E-state index contributed by atoms with van der Waals surface area (Å²) in [5.74, 6) is 0.845. The molecule has 0 radical (unpaired) electrons. The van der Waals surface area contributed by atoms with Crippen molar-refractivity contribution < 1.29 is 5.11 Å². The van der Waals surface area contributed by atoms with Gasteiger partial charge in [0.1, 0.15) is 22.4 Å². The molecule has 0 aliphatic carbocycles. The number of thiazole rings is 1. The van der Waals surface area contributed by atoms with E-state index in [4.69, 9.17) is 0 Å². The van der Waals surface area contributed by atoms with Crippen LogP contribution < -0.4 is 0 Å². The number of allylic oxidation sites excluding steroid dienone is 1. The van der Waals surface area contributed by atoms with E-state index in [1.54, 1.807) is 12.4 Å². The number of thioether (sulfide) groups is 1. The summed E-state index contributed by atoms with van der Waals surface area (Å²) in [5.41, 5.74) is 2.99. The lowest BCUT2D eigenvalue weighted by Gasteiger charge is -2.10. The number of aliphatic hydroxyl groups is 1. The molecule has 0 unspecified atom stereocenters. The Hall–Kier alpha value is -4.00. The normalized spacial score (nSPS) is 11.9. The molecular weight excluding hydrogens is 464 g/mol. The van der Waals surface area contributed by atoms with Gasteiger partial charge in [0, 0.05) is 18.0 Å². The highest BCUT2D eigenvalue weighted by Gasteiger charge is 2.18. The van der Waals surface area contributed by atoms with Gasteiger partial charge in [-0.3, -0.25) is 9.55 Å². The third-order valence-corrected chi connectivity index (χ3v) is 7.12. The molecule has 7 nitrogen and oxygen atoms in total. The maximum absolute atomic E-state index is 10.8. The molecule has 1 N–H and O–H groups in total. The summed E-state index contributed by atoms with van der Waals surface area (Å²) >= 11 is 2.71. The van der Waals surface area contributed by atoms with Crippen LogP contribution in [0.4, 0.5) is 0 Å². The van der Waals surface area contributed by atoms with Crippen molar-refractivity contribution in [3.63, 3.8) is 0 Å². The number of aromatic nitrogens is 5. The van der Waals surface area contributed by atoms with Gasteiger partial charge in [-0.05, 0) is 29.8 Å². The van der Waals surface area contributed by atoms with Crippen molar-refractivity contribution in [3.05, 3.63) is 95.5 Å². The molecular formula is C25H18N6OS2. The van der Waals surface area contributed by atoms with Crippen molar-refractivity contribution >= 4 is 38.9 Å². The van der Waals surface area contributed by atoms with Gasteiger partial charge in [-0.15, -0.1) is 21.5 Å². The van der Waals surface area contributed by atoms with Crippen LogP contribution in [0.1, 0.15) is 10.6 Å². The molecule has 0 atom stereocenters. The SMILES string of the molecule is N#C/C(=C(/O)CSc1nnc(-c2ccncc2)n1Cc1ccccc1)c1nc2ccccc2s1. The molecule has 34 heavy (non-hydrogen) atoms. The number of nitrogens with zero attached hydrogens (tertiary/aromatic N) is 6. The lowest BCUT2D eigenvalue weighted by atomic mass is 10.2. The second-order valence-electron chi connectivity index (χ2n) is 7.32. The number of pyridine rings is 1. The fraction of sp³-hybridized carbons (Fsp3) is 0.0800. The lowest BCUT2D eigenvalue weighted by molar-refractivity contribution is 0.420. The summed E-state index contributed by atoms with van der Waals surface area (Å²) in [6.07, 6.45) is 3.44. The lowest BCUT2D eigenvalue weighted by Crippen LogP contribution is -2.05. The Kier molecular flexibility index (Phi) is 6.33. The Labute approximate surface area is 204 Å². The third kappa shape index (κ3) is 4.55. The third-order valence-electron chi connectivity index (χ3n) is 5.08. The van der Waals surface area contributed by atoms with Gasteiger partial charge in [-0.1, -0.05) is 54.2 Å². The first-order chi connectivity index (χ1) is 16.7. The highest BCUT2D eigenvalue weighted by Crippen LogP contribution is 2.31. The van der Waals surface area contributed by atoms with Crippen LogP contribution in [-0.2, 0) is 6.54 Å². The van der Waals surface area contributed by atoms with Crippen LogP contribution in [0.2, 0.25) is 0 Å². The Morgan fingerprint density at radius 1 is 1.00 bits per heavy atom. The van der Waals surface area contributed by atoms with E-state index in [0.29, 0.717) is 22.5 Å². The summed E-state index contributed by atoms with van der Waals surface area (Å²) in [6, 6.07) is 23.6. The van der Waals surface area contributed by atoms with Gasteiger partial charge >= 0.3 is 0 Å². The summed E-state index contributed by atoms with van der Waals surface area (Å²) < 4.78 is 2.97. The van der Waals surface area contributed by atoms with Crippen LogP contribution >= 0.6 is 23.1 Å². The van der Waals surface area contributed by atoms with E-state index in [0.717, 1.165) is 21.3 Å². The predicted molar refractivity (Wildman–Crippen MR) is 134 cm³/mol. The van der Waals surface area contributed by atoms with Crippen molar-refractivity contribution in [1.82, 2.24) is 24.7 Å². The Morgan fingerprint density at radius 3 is 2.53 bits per heavy atom. The number of benzene rings is 2. The Bertz CT molecular complexity index is 1470. The fourth-order valence-electron chi connectivity index (χ4n) is 3.44. The Balaban J connectivity index is 1.45. The molecule has 0 bridgehead atoms. The van der Waals surface area contributed by atoms with Gasteiger partial charge in [-0.2, -0.15) is 5.26 Å². The monoisotopic (exact) mass is 482 g/mol. The van der Waals surface area contributed by atoms with Crippen molar-refractivity contribution in [2.75, 3.05) is 5.75 Å². The molecule has 0 spiro atoms. The first-order valence-electron chi connectivity index (χ1n) is 10.4. The average Bonchev–Trinajstić information content (AvgIpc) is 3.48. The first-order valence-corrected chi connectivity index (χ1v) is 12.2. The van der Waals surface area contributed by atoms with E-state index in [1.807, 2.05) is 71.3 Å². The van der Waals surface area contributed by atoms with Gasteiger partial charge < -0.3 is 5.11 Å². The maximum Gasteiger partial charge on any atom is 0.192 e. The molecule has 166 valence electrons. The van der Waals surface area contributed by atoms with E-state index in [9.17, 15) is 10.4 Å². The molecule has 0 fully saturated rings. The first kappa shape index (κ1) is 21.8. The van der Waals surface area contributed by atoms with Gasteiger partial charge in [-0.25, -0.2) is 4.98 Å². The number of nitriles is 1. The largest absolute Gasteiger partial charge is 0.510 e. The van der Waals surface area contributed by atoms with E-state index < -0.39 is 0 Å². The molecule has 0 aliphatic rings. The minimum atomic E-state index is -0.0359. The second kappa shape index (κ2) is 9.87.